The van der Waals surface area contributed by atoms with Crippen molar-refractivity contribution >= 4 is 27.3 Å². The van der Waals surface area contributed by atoms with E-state index >= 15 is 0 Å². The molecule has 1 aromatic rings. The Balaban J connectivity index is 2.58. The van der Waals surface area contributed by atoms with Gasteiger partial charge in [-0.3, -0.25) is 4.21 Å². The fraction of sp³-hybridized carbons (Fsp3) is 0.727. The number of rotatable bonds is 7. The second kappa shape index (κ2) is 7.06. The summed E-state index contributed by atoms with van der Waals surface area (Å²) in [5, 5.41) is 4.37. The number of nitrogens with zero attached hydrogens (tertiary/aromatic N) is 2. The highest BCUT2D eigenvalue weighted by atomic mass is 32.2. The van der Waals surface area contributed by atoms with Gasteiger partial charge in [-0.15, -0.1) is 0 Å². The molecule has 1 heterocycles. The first-order valence-electron chi connectivity index (χ1n) is 5.69. The third-order valence-corrected chi connectivity index (χ3v) is 5.01. The second-order valence-corrected chi connectivity index (χ2v) is 7.13. The summed E-state index contributed by atoms with van der Waals surface area (Å²) < 4.78 is 16.5. The van der Waals surface area contributed by atoms with Crippen LogP contribution in [0, 0.1) is 0 Å². The molecule has 0 aliphatic heterocycles. The van der Waals surface area contributed by atoms with Gasteiger partial charge < -0.3 is 15.0 Å². The maximum absolute atomic E-state index is 11.2. The highest BCUT2D eigenvalue weighted by Crippen LogP contribution is 2.30. The first-order valence-corrected chi connectivity index (χ1v) is 8.13. The number of nitrogens with one attached hydrogen (secondary N) is 1. The average Bonchev–Trinajstić information content (AvgIpc) is 2.72. The Hall–Kier alpha value is -0.660. The SMILES string of the molecule is COc1nc(N(C)C)sc1CNCC(C)S(C)=O. The van der Waals surface area contributed by atoms with E-state index < -0.39 is 10.8 Å². The summed E-state index contributed by atoms with van der Waals surface area (Å²) in [5.41, 5.74) is 0. The van der Waals surface area contributed by atoms with Gasteiger partial charge in [-0.2, -0.15) is 4.98 Å². The van der Waals surface area contributed by atoms with Crippen LogP contribution < -0.4 is 15.0 Å². The standard InChI is InChI=1S/C11H21N3O2S2/c1-8(18(5)15)6-12-7-9-10(16-4)13-11(17-9)14(2)3/h8,12H,6-7H2,1-5H3. The van der Waals surface area contributed by atoms with Crippen molar-refractivity contribution in [1.82, 2.24) is 10.3 Å². The first kappa shape index (κ1) is 15.4. The van der Waals surface area contributed by atoms with Gasteiger partial charge in [0.25, 0.3) is 0 Å². The van der Waals surface area contributed by atoms with E-state index in [1.54, 1.807) is 24.7 Å². The molecule has 0 spiro atoms. The molecule has 0 bridgehead atoms. The largest absolute Gasteiger partial charge is 0.480 e. The smallest absolute Gasteiger partial charge is 0.230 e. The van der Waals surface area contributed by atoms with E-state index in [0.717, 1.165) is 16.6 Å². The van der Waals surface area contributed by atoms with Crippen LogP contribution in [0.15, 0.2) is 0 Å². The van der Waals surface area contributed by atoms with Crippen LogP contribution in [-0.4, -0.2) is 48.4 Å². The zero-order chi connectivity index (χ0) is 13.7. The van der Waals surface area contributed by atoms with Crippen LogP contribution in [0.1, 0.15) is 11.8 Å². The normalized spacial score (nSPS) is 14.3. The lowest BCUT2D eigenvalue weighted by molar-refractivity contribution is 0.395. The monoisotopic (exact) mass is 291 g/mol. The van der Waals surface area contributed by atoms with Crippen molar-refractivity contribution in [3.8, 4) is 5.88 Å². The molecule has 1 aromatic heterocycles. The molecule has 0 aliphatic carbocycles. The molecule has 1 rings (SSSR count). The molecule has 18 heavy (non-hydrogen) atoms. The average molecular weight is 291 g/mol. The summed E-state index contributed by atoms with van der Waals surface area (Å²) in [4.78, 5) is 7.41. The number of anilines is 1. The summed E-state index contributed by atoms with van der Waals surface area (Å²) in [6.07, 6.45) is 1.73. The van der Waals surface area contributed by atoms with Gasteiger partial charge in [0.15, 0.2) is 5.13 Å². The highest BCUT2D eigenvalue weighted by molar-refractivity contribution is 7.84. The topological polar surface area (TPSA) is 54.5 Å². The van der Waals surface area contributed by atoms with Gasteiger partial charge in [0, 0.05) is 49.5 Å². The van der Waals surface area contributed by atoms with Crippen molar-refractivity contribution in [3.63, 3.8) is 0 Å². The van der Waals surface area contributed by atoms with Crippen molar-refractivity contribution in [2.24, 2.45) is 0 Å². The van der Waals surface area contributed by atoms with Crippen molar-refractivity contribution in [1.29, 1.82) is 0 Å². The number of hydrogen-bond acceptors (Lipinski definition) is 6. The molecule has 0 aliphatic rings. The minimum absolute atomic E-state index is 0.150. The molecule has 2 atom stereocenters. The van der Waals surface area contributed by atoms with Crippen molar-refractivity contribution < 1.29 is 8.95 Å². The number of thiazole rings is 1. The Morgan fingerprint density at radius 2 is 2.22 bits per heavy atom. The third-order valence-electron chi connectivity index (χ3n) is 2.51. The van der Waals surface area contributed by atoms with Gasteiger partial charge in [-0.1, -0.05) is 11.3 Å². The van der Waals surface area contributed by atoms with Gasteiger partial charge in [0.1, 0.15) is 0 Å². The molecule has 7 heteroatoms. The summed E-state index contributed by atoms with van der Waals surface area (Å²) in [5.74, 6) is 0.668. The van der Waals surface area contributed by atoms with E-state index in [0.29, 0.717) is 12.4 Å². The Kier molecular flexibility index (Phi) is 6.04. The van der Waals surface area contributed by atoms with Gasteiger partial charge >= 0.3 is 0 Å². The van der Waals surface area contributed by atoms with E-state index in [4.69, 9.17) is 4.74 Å². The number of ether oxygens (including phenoxy) is 1. The van der Waals surface area contributed by atoms with E-state index in [2.05, 4.69) is 10.3 Å². The lowest BCUT2D eigenvalue weighted by Gasteiger charge is -2.09. The number of hydrogen-bond donors (Lipinski definition) is 1. The summed E-state index contributed by atoms with van der Waals surface area (Å²) in [6, 6.07) is 0. The third kappa shape index (κ3) is 4.22. The van der Waals surface area contributed by atoms with Crippen LogP contribution >= 0.6 is 11.3 Å². The van der Waals surface area contributed by atoms with Gasteiger partial charge in [0.05, 0.1) is 12.0 Å². The molecule has 104 valence electrons. The van der Waals surface area contributed by atoms with E-state index in [-0.39, 0.29) is 5.25 Å². The summed E-state index contributed by atoms with van der Waals surface area (Å²) in [6.45, 7) is 3.38. The zero-order valence-electron chi connectivity index (χ0n) is 11.5. The van der Waals surface area contributed by atoms with Crippen molar-refractivity contribution in [2.45, 2.75) is 18.7 Å². The van der Waals surface area contributed by atoms with E-state index in [1.165, 1.54) is 0 Å². The Labute approximate surface area is 115 Å². The maximum Gasteiger partial charge on any atom is 0.230 e. The Morgan fingerprint density at radius 1 is 1.56 bits per heavy atom. The minimum Gasteiger partial charge on any atom is -0.480 e. The highest BCUT2D eigenvalue weighted by Gasteiger charge is 2.13. The molecule has 1 N–H and O–H groups in total. The lowest BCUT2D eigenvalue weighted by Crippen LogP contribution is -2.27. The van der Waals surface area contributed by atoms with Crippen LogP contribution in [0.25, 0.3) is 0 Å². The minimum atomic E-state index is -0.792. The lowest BCUT2D eigenvalue weighted by atomic mass is 10.4. The van der Waals surface area contributed by atoms with Crippen LogP contribution in [0.3, 0.4) is 0 Å². The van der Waals surface area contributed by atoms with Crippen molar-refractivity contribution in [3.05, 3.63) is 4.88 Å². The molecular formula is C11H21N3O2S2. The Bertz CT molecular complexity index is 407. The van der Waals surface area contributed by atoms with Crippen molar-refractivity contribution in [2.75, 3.05) is 38.9 Å². The number of methoxy groups -OCH3 is 1. The molecule has 0 amide bonds. The fourth-order valence-electron chi connectivity index (χ4n) is 1.29. The van der Waals surface area contributed by atoms with Crippen LogP contribution in [0.4, 0.5) is 5.13 Å². The fourth-order valence-corrected chi connectivity index (χ4v) is 2.57. The van der Waals surface area contributed by atoms with Crippen LogP contribution in [0.2, 0.25) is 0 Å². The maximum atomic E-state index is 11.2. The van der Waals surface area contributed by atoms with Crippen LogP contribution in [0.5, 0.6) is 5.88 Å². The molecule has 0 radical (unpaired) electrons. The zero-order valence-corrected chi connectivity index (χ0v) is 13.2. The van der Waals surface area contributed by atoms with E-state index in [9.17, 15) is 4.21 Å². The predicted octanol–water partition coefficient (Wildman–Crippen LogP) is 1.07. The van der Waals surface area contributed by atoms with Gasteiger partial charge in [-0.05, 0) is 6.92 Å². The summed E-state index contributed by atoms with van der Waals surface area (Å²) >= 11 is 1.60. The summed E-state index contributed by atoms with van der Waals surface area (Å²) in [7, 11) is 4.75. The number of aromatic nitrogens is 1. The Morgan fingerprint density at radius 3 is 2.72 bits per heavy atom. The molecule has 0 saturated carbocycles. The first-order chi connectivity index (χ1) is 8.45. The van der Waals surface area contributed by atoms with Gasteiger partial charge in [0.2, 0.25) is 5.88 Å². The quantitative estimate of drug-likeness (QED) is 0.814. The molecule has 0 fully saturated rings. The molecule has 0 saturated heterocycles. The molecule has 2 unspecified atom stereocenters. The van der Waals surface area contributed by atoms with Gasteiger partial charge in [-0.25, -0.2) is 0 Å². The molecule has 5 nitrogen and oxygen atoms in total. The predicted molar refractivity (Wildman–Crippen MR) is 78.2 cm³/mol. The molecular weight excluding hydrogens is 270 g/mol. The second-order valence-electron chi connectivity index (χ2n) is 4.26. The van der Waals surface area contributed by atoms with Crippen LogP contribution in [-0.2, 0) is 17.3 Å². The van der Waals surface area contributed by atoms with E-state index in [1.807, 2.05) is 25.9 Å². The molecule has 0 aromatic carbocycles.